The Morgan fingerprint density at radius 2 is 1.68 bits per heavy atom. The molecule has 1 unspecified atom stereocenters. The molecule has 130 valence electrons. The van der Waals surface area contributed by atoms with Crippen LogP contribution in [0.15, 0.2) is 67.5 Å². The fourth-order valence-electron chi connectivity index (χ4n) is 2.47. The number of azo groups is 1. The summed E-state index contributed by atoms with van der Waals surface area (Å²) >= 11 is 0. The molecule has 0 spiro atoms. The highest BCUT2D eigenvalue weighted by Gasteiger charge is 2.21. The zero-order valence-electron chi connectivity index (χ0n) is 13.0. The highest BCUT2D eigenvalue weighted by Crippen LogP contribution is 2.31. The third kappa shape index (κ3) is 3.51. The van der Waals surface area contributed by atoms with Gasteiger partial charge >= 0.3 is 0 Å². The molecule has 0 amide bonds. The van der Waals surface area contributed by atoms with E-state index < -0.39 is 19.7 Å². The van der Waals surface area contributed by atoms with Gasteiger partial charge in [-0.25, -0.2) is 22.8 Å². The Morgan fingerprint density at radius 3 is 2.20 bits per heavy atom. The van der Waals surface area contributed by atoms with Crippen LogP contribution in [-0.4, -0.2) is 31.0 Å². The third-order valence-corrected chi connectivity index (χ3v) is 5.58. The van der Waals surface area contributed by atoms with Crippen LogP contribution in [0.1, 0.15) is 5.56 Å². The number of primary sulfonamides is 1. The van der Waals surface area contributed by atoms with Crippen molar-refractivity contribution in [2.75, 3.05) is 6.67 Å². The van der Waals surface area contributed by atoms with Gasteiger partial charge < -0.3 is 0 Å². The Morgan fingerprint density at radius 1 is 1.00 bits per heavy atom. The van der Waals surface area contributed by atoms with E-state index in [-0.39, 0.29) is 11.6 Å². The van der Waals surface area contributed by atoms with E-state index in [4.69, 9.17) is 10.3 Å². The van der Waals surface area contributed by atoms with E-state index in [0.717, 1.165) is 0 Å². The fraction of sp³-hybridized carbons (Fsp3) is 0.0667. The molecule has 10 heteroatoms. The molecule has 0 saturated heterocycles. The van der Waals surface area contributed by atoms with Crippen LogP contribution in [0.2, 0.25) is 0 Å². The summed E-state index contributed by atoms with van der Waals surface area (Å²) in [6, 6.07) is 11.0. The van der Waals surface area contributed by atoms with Crippen LogP contribution in [0, 0.1) is 0 Å². The van der Waals surface area contributed by atoms with Gasteiger partial charge in [0.2, 0.25) is 10.0 Å². The second-order valence-electron chi connectivity index (χ2n) is 5.34. The lowest BCUT2D eigenvalue weighted by molar-refractivity contribution is 0.598. The second-order valence-corrected chi connectivity index (χ2v) is 8.79. The average molecular weight is 377 g/mol. The first kappa shape index (κ1) is 17.4. The molecule has 0 radical (unpaired) electrons. The number of hydrogen-bond donors (Lipinski definition) is 2. The van der Waals surface area contributed by atoms with Crippen molar-refractivity contribution in [1.82, 2.24) is 0 Å². The molecule has 4 N–H and O–H groups in total. The minimum Gasteiger partial charge on any atom is -0.256 e. The quantitative estimate of drug-likeness (QED) is 0.771. The van der Waals surface area contributed by atoms with Gasteiger partial charge in [0.05, 0.1) is 19.5 Å². The Kier molecular flexibility index (Phi) is 4.29. The van der Waals surface area contributed by atoms with Crippen LogP contribution in [0.25, 0.3) is 11.1 Å². The topological polar surface area (TPSA) is 140 Å². The molecule has 0 fully saturated rings. The molecule has 0 bridgehead atoms. The summed E-state index contributed by atoms with van der Waals surface area (Å²) in [7, 11) is -6.82. The van der Waals surface area contributed by atoms with Gasteiger partial charge in [0.25, 0.3) is 0 Å². The number of nitrogens with two attached hydrogens (primary N) is 2. The van der Waals surface area contributed by atoms with Crippen molar-refractivity contribution >= 4 is 31.4 Å². The van der Waals surface area contributed by atoms with E-state index in [1.54, 1.807) is 30.3 Å². The maximum atomic E-state index is 12.4. The summed E-state index contributed by atoms with van der Waals surface area (Å²) < 4.78 is 35.2. The SMILES string of the molecule is C=S(N)(=O)c1cccc(-c2ccc(S(N)(=O)=O)cc2)c1C1=NCN=N1. The first-order chi connectivity index (χ1) is 11.7. The Bertz CT molecular complexity index is 1100. The van der Waals surface area contributed by atoms with Crippen molar-refractivity contribution < 1.29 is 12.6 Å². The molecule has 0 saturated carbocycles. The number of sulfonamides is 1. The molecule has 1 aliphatic rings. The smallest absolute Gasteiger partial charge is 0.238 e. The second kappa shape index (κ2) is 6.15. The van der Waals surface area contributed by atoms with Crippen LogP contribution in [0.3, 0.4) is 0 Å². The normalized spacial score (nSPS) is 16.5. The number of nitrogens with zero attached hydrogens (tertiary/aromatic N) is 3. The molecular weight excluding hydrogens is 362 g/mol. The van der Waals surface area contributed by atoms with Crippen LogP contribution in [0.5, 0.6) is 0 Å². The van der Waals surface area contributed by atoms with Gasteiger partial charge in [0, 0.05) is 5.56 Å². The van der Waals surface area contributed by atoms with Crippen molar-refractivity contribution in [2.45, 2.75) is 9.79 Å². The average Bonchev–Trinajstić information content (AvgIpc) is 3.07. The summed E-state index contributed by atoms with van der Waals surface area (Å²) in [5.41, 5.74) is 1.77. The zero-order chi connectivity index (χ0) is 18.2. The van der Waals surface area contributed by atoms with Gasteiger partial charge in [-0.05, 0) is 35.2 Å². The Balaban J connectivity index is 2.25. The molecule has 1 heterocycles. The summed E-state index contributed by atoms with van der Waals surface area (Å²) in [6.07, 6.45) is 0. The number of hydrogen-bond acceptors (Lipinski definition) is 6. The van der Waals surface area contributed by atoms with E-state index in [1.165, 1.54) is 12.1 Å². The molecule has 2 aromatic rings. The van der Waals surface area contributed by atoms with E-state index in [2.05, 4.69) is 21.1 Å². The first-order valence-electron chi connectivity index (χ1n) is 7.01. The maximum absolute atomic E-state index is 12.4. The van der Waals surface area contributed by atoms with Crippen LogP contribution in [0.4, 0.5) is 0 Å². The lowest BCUT2D eigenvalue weighted by Gasteiger charge is -2.14. The lowest BCUT2D eigenvalue weighted by atomic mass is 9.99. The molecule has 25 heavy (non-hydrogen) atoms. The predicted molar refractivity (Wildman–Crippen MR) is 97.2 cm³/mol. The van der Waals surface area contributed by atoms with E-state index >= 15 is 0 Å². The summed E-state index contributed by atoms with van der Waals surface area (Å²) in [5, 5.41) is 18.7. The molecule has 3 rings (SSSR count). The van der Waals surface area contributed by atoms with Gasteiger partial charge in [0.1, 0.15) is 0 Å². The molecular formula is C15H15N5O3S2. The molecule has 0 aliphatic carbocycles. The molecule has 1 aliphatic heterocycles. The lowest BCUT2D eigenvalue weighted by Crippen LogP contribution is -2.17. The predicted octanol–water partition coefficient (Wildman–Crippen LogP) is 1.12. The van der Waals surface area contributed by atoms with E-state index in [9.17, 15) is 12.6 Å². The van der Waals surface area contributed by atoms with Crippen molar-refractivity contribution in [3.63, 3.8) is 0 Å². The van der Waals surface area contributed by atoms with Gasteiger partial charge in [0.15, 0.2) is 12.5 Å². The van der Waals surface area contributed by atoms with Gasteiger partial charge in [-0.2, -0.15) is 5.11 Å². The van der Waals surface area contributed by atoms with E-state index in [0.29, 0.717) is 27.4 Å². The minimum absolute atomic E-state index is 0.00775. The van der Waals surface area contributed by atoms with Gasteiger partial charge in [-0.3, -0.25) is 5.14 Å². The zero-order valence-corrected chi connectivity index (χ0v) is 14.6. The van der Waals surface area contributed by atoms with Gasteiger partial charge in [-0.15, -0.1) is 5.11 Å². The fourth-order valence-corrected chi connectivity index (χ4v) is 3.84. The van der Waals surface area contributed by atoms with Crippen molar-refractivity contribution in [2.24, 2.45) is 25.5 Å². The summed E-state index contributed by atoms with van der Waals surface area (Å²) in [6.45, 7) is 0.177. The maximum Gasteiger partial charge on any atom is 0.238 e. The van der Waals surface area contributed by atoms with Crippen LogP contribution < -0.4 is 10.3 Å². The number of benzene rings is 2. The Labute approximate surface area is 145 Å². The van der Waals surface area contributed by atoms with Crippen LogP contribution >= 0.6 is 0 Å². The molecule has 1 atom stereocenters. The molecule has 0 aromatic heterocycles. The van der Waals surface area contributed by atoms with Crippen LogP contribution in [-0.2, 0) is 19.7 Å². The first-order valence-corrected chi connectivity index (χ1v) is 10.4. The third-order valence-electron chi connectivity index (χ3n) is 3.57. The van der Waals surface area contributed by atoms with E-state index in [1.807, 2.05) is 0 Å². The monoisotopic (exact) mass is 377 g/mol. The van der Waals surface area contributed by atoms with Crippen molar-refractivity contribution in [3.8, 4) is 11.1 Å². The Hall–Kier alpha value is -2.40. The highest BCUT2D eigenvalue weighted by molar-refractivity contribution is 7.98. The van der Waals surface area contributed by atoms with Crippen molar-refractivity contribution in [3.05, 3.63) is 48.0 Å². The standard InChI is InChI=1S/C15H15N5O3S2/c1-24(16,21)13-4-2-3-12(14(13)15-18-9-19-20-15)10-5-7-11(8-6-10)25(17,22)23/h2-8H,1,9H2,(H2,16,21)(H2,17,22,23). The molecule has 2 aromatic carbocycles. The number of rotatable bonds is 4. The summed E-state index contributed by atoms with van der Waals surface area (Å²) in [4.78, 5) is 4.48. The number of aliphatic imine (C=N–C) groups is 1. The largest absolute Gasteiger partial charge is 0.256 e. The van der Waals surface area contributed by atoms with Crippen molar-refractivity contribution in [1.29, 1.82) is 0 Å². The molecule has 8 nitrogen and oxygen atoms in total. The van der Waals surface area contributed by atoms with Gasteiger partial charge in [-0.1, -0.05) is 24.3 Å². The highest BCUT2D eigenvalue weighted by atomic mass is 32.2. The summed E-state index contributed by atoms with van der Waals surface area (Å²) in [5.74, 6) is 3.84. The minimum atomic E-state index is -3.79. The number of amidine groups is 1.